The summed E-state index contributed by atoms with van der Waals surface area (Å²) in [6.07, 6.45) is 0.805. The predicted octanol–water partition coefficient (Wildman–Crippen LogP) is 0.263. The average Bonchev–Trinajstić information content (AvgIpc) is 2.72. The number of nitrogens with two attached hydrogens (primary N) is 1. The van der Waals surface area contributed by atoms with E-state index in [4.69, 9.17) is 5.73 Å². The highest BCUT2D eigenvalue weighted by atomic mass is 32.1. The Labute approximate surface area is 84.8 Å². The molecule has 0 saturated heterocycles. The molecule has 0 aliphatic heterocycles. The van der Waals surface area contributed by atoms with Crippen LogP contribution < -0.4 is 5.73 Å². The minimum atomic E-state index is 0.344. The van der Waals surface area contributed by atoms with Crippen LogP contribution in [0.3, 0.4) is 0 Å². The second kappa shape index (κ2) is 3.70. The first-order valence-electron chi connectivity index (χ1n) is 4.18. The second-order valence-electron chi connectivity index (χ2n) is 2.87. The summed E-state index contributed by atoms with van der Waals surface area (Å²) >= 11 is 1.64. The van der Waals surface area contributed by atoms with E-state index in [2.05, 4.69) is 20.5 Å². The first-order chi connectivity index (χ1) is 6.75. The van der Waals surface area contributed by atoms with Crippen LogP contribution in [0.5, 0.6) is 0 Å². The molecular weight excluding hydrogens is 200 g/mol. The Kier molecular flexibility index (Phi) is 2.40. The van der Waals surface area contributed by atoms with Crippen molar-refractivity contribution in [3.8, 4) is 0 Å². The SMILES string of the molecule is Cc1nc(CCn2nnnc2N)cs1. The van der Waals surface area contributed by atoms with Gasteiger partial charge in [-0.15, -0.1) is 11.3 Å². The average molecular weight is 210 g/mol. The monoisotopic (exact) mass is 210 g/mol. The maximum Gasteiger partial charge on any atom is 0.240 e. The lowest BCUT2D eigenvalue weighted by molar-refractivity contribution is 0.591. The van der Waals surface area contributed by atoms with Crippen molar-refractivity contribution in [3.05, 3.63) is 16.1 Å². The van der Waals surface area contributed by atoms with Gasteiger partial charge < -0.3 is 5.73 Å². The maximum atomic E-state index is 5.52. The minimum absolute atomic E-state index is 0.344. The highest BCUT2D eigenvalue weighted by Gasteiger charge is 2.03. The number of anilines is 1. The molecular formula is C7H10N6S. The molecule has 0 aliphatic rings. The smallest absolute Gasteiger partial charge is 0.240 e. The van der Waals surface area contributed by atoms with Crippen LogP contribution in [0.25, 0.3) is 0 Å². The van der Waals surface area contributed by atoms with Gasteiger partial charge in [-0.05, 0) is 17.4 Å². The lowest BCUT2D eigenvalue weighted by Gasteiger charge is -1.97. The molecule has 0 aromatic carbocycles. The molecule has 0 radical (unpaired) electrons. The van der Waals surface area contributed by atoms with E-state index in [1.807, 2.05) is 12.3 Å². The molecule has 0 unspecified atom stereocenters. The van der Waals surface area contributed by atoms with Crippen molar-refractivity contribution < 1.29 is 0 Å². The van der Waals surface area contributed by atoms with Crippen LogP contribution in [-0.4, -0.2) is 25.2 Å². The van der Waals surface area contributed by atoms with Crippen molar-refractivity contribution in [2.75, 3.05) is 5.73 Å². The van der Waals surface area contributed by atoms with Crippen molar-refractivity contribution in [2.45, 2.75) is 19.9 Å². The molecule has 0 aliphatic carbocycles. The van der Waals surface area contributed by atoms with Crippen LogP contribution in [-0.2, 0) is 13.0 Å². The van der Waals surface area contributed by atoms with Crippen LogP contribution in [0.1, 0.15) is 10.7 Å². The zero-order chi connectivity index (χ0) is 9.97. The summed E-state index contributed by atoms with van der Waals surface area (Å²) in [5.74, 6) is 0.344. The Balaban J connectivity index is 1.98. The molecule has 0 amide bonds. The molecule has 0 atom stereocenters. The number of aromatic nitrogens is 5. The van der Waals surface area contributed by atoms with E-state index >= 15 is 0 Å². The molecule has 14 heavy (non-hydrogen) atoms. The fourth-order valence-corrected chi connectivity index (χ4v) is 1.76. The molecule has 2 aromatic rings. The summed E-state index contributed by atoms with van der Waals surface area (Å²) in [6.45, 7) is 2.65. The van der Waals surface area contributed by atoms with E-state index in [0.29, 0.717) is 12.5 Å². The van der Waals surface area contributed by atoms with Gasteiger partial charge in [0.2, 0.25) is 5.95 Å². The largest absolute Gasteiger partial charge is 0.367 e. The van der Waals surface area contributed by atoms with E-state index in [-0.39, 0.29) is 0 Å². The Morgan fingerprint density at radius 1 is 1.57 bits per heavy atom. The third kappa shape index (κ3) is 1.87. The van der Waals surface area contributed by atoms with Crippen LogP contribution in [0.2, 0.25) is 0 Å². The van der Waals surface area contributed by atoms with Crippen LogP contribution >= 0.6 is 11.3 Å². The number of tetrazole rings is 1. The molecule has 2 heterocycles. The summed E-state index contributed by atoms with van der Waals surface area (Å²) in [5.41, 5.74) is 6.58. The van der Waals surface area contributed by atoms with Gasteiger partial charge in [-0.1, -0.05) is 5.10 Å². The Hall–Kier alpha value is -1.50. The quantitative estimate of drug-likeness (QED) is 0.785. The third-order valence-electron chi connectivity index (χ3n) is 1.81. The zero-order valence-electron chi connectivity index (χ0n) is 7.71. The van der Waals surface area contributed by atoms with Crippen molar-refractivity contribution >= 4 is 17.3 Å². The van der Waals surface area contributed by atoms with Crippen molar-refractivity contribution in [3.63, 3.8) is 0 Å². The number of hydrogen-bond acceptors (Lipinski definition) is 6. The number of hydrogen-bond donors (Lipinski definition) is 1. The van der Waals surface area contributed by atoms with E-state index in [0.717, 1.165) is 17.1 Å². The molecule has 0 fully saturated rings. The van der Waals surface area contributed by atoms with Crippen LogP contribution in [0.4, 0.5) is 5.95 Å². The number of thiazole rings is 1. The standard InChI is InChI=1S/C7H10N6S/c1-5-9-6(4-14-5)2-3-13-7(8)10-11-12-13/h4H,2-3H2,1H3,(H2,8,10,12). The van der Waals surface area contributed by atoms with Crippen molar-refractivity contribution in [2.24, 2.45) is 0 Å². The first kappa shape index (κ1) is 9.07. The molecule has 7 heteroatoms. The lowest BCUT2D eigenvalue weighted by atomic mass is 10.3. The highest BCUT2D eigenvalue weighted by Crippen LogP contribution is 2.09. The summed E-state index contributed by atoms with van der Waals surface area (Å²) in [6, 6.07) is 0. The Bertz CT molecular complexity index is 419. The second-order valence-corrected chi connectivity index (χ2v) is 3.93. The van der Waals surface area contributed by atoms with E-state index in [9.17, 15) is 0 Å². The van der Waals surface area contributed by atoms with Crippen LogP contribution in [0.15, 0.2) is 5.38 Å². The minimum Gasteiger partial charge on any atom is -0.367 e. The van der Waals surface area contributed by atoms with Gasteiger partial charge in [0.15, 0.2) is 0 Å². The molecule has 0 spiro atoms. The molecule has 6 nitrogen and oxygen atoms in total. The van der Waals surface area contributed by atoms with E-state index in [1.54, 1.807) is 16.0 Å². The Morgan fingerprint density at radius 2 is 2.43 bits per heavy atom. The predicted molar refractivity (Wildman–Crippen MR) is 52.8 cm³/mol. The van der Waals surface area contributed by atoms with Gasteiger partial charge >= 0.3 is 0 Å². The van der Waals surface area contributed by atoms with Crippen LogP contribution in [0, 0.1) is 6.92 Å². The fourth-order valence-electron chi connectivity index (χ4n) is 1.11. The summed E-state index contributed by atoms with van der Waals surface area (Å²) < 4.78 is 1.56. The normalized spacial score (nSPS) is 10.6. The van der Waals surface area contributed by atoms with E-state index in [1.165, 1.54) is 0 Å². The van der Waals surface area contributed by atoms with Gasteiger partial charge in [-0.3, -0.25) is 0 Å². The molecule has 0 bridgehead atoms. The molecule has 74 valence electrons. The first-order valence-corrected chi connectivity index (χ1v) is 5.06. The lowest BCUT2D eigenvalue weighted by Crippen LogP contribution is -2.07. The molecule has 2 aromatic heterocycles. The van der Waals surface area contributed by atoms with Crippen molar-refractivity contribution in [1.29, 1.82) is 0 Å². The number of nitrogens with zero attached hydrogens (tertiary/aromatic N) is 5. The number of rotatable bonds is 3. The van der Waals surface area contributed by atoms with E-state index < -0.39 is 0 Å². The zero-order valence-corrected chi connectivity index (χ0v) is 8.53. The van der Waals surface area contributed by atoms with Gasteiger partial charge in [0.05, 0.1) is 17.2 Å². The highest BCUT2D eigenvalue weighted by molar-refractivity contribution is 7.09. The Morgan fingerprint density at radius 3 is 3.00 bits per heavy atom. The van der Waals surface area contributed by atoms with Gasteiger partial charge in [0.25, 0.3) is 0 Å². The molecule has 2 rings (SSSR count). The number of nitrogen functional groups attached to an aromatic ring is 1. The van der Waals surface area contributed by atoms with Gasteiger partial charge in [-0.25, -0.2) is 9.67 Å². The molecule has 2 N–H and O–H groups in total. The number of aryl methyl sites for hydroxylation is 3. The summed E-state index contributed by atoms with van der Waals surface area (Å²) in [5, 5.41) is 13.9. The van der Waals surface area contributed by atoms with Gasteiger partial charge in [0, 0.05) is 11.8 Å². The van der Waals surface area contributed by atoms with Gasteiger partial charge in [-0.2, -0.15) is 0 Å². The maximum absolute atomic E-state index is 5.52. The molecule has 0 saturated carbocycles. The van der Waals surface area contributed by atoms with Gasteiger partial charge in [0.1, 0.15) is 0 Å². The topological polar surface area (TPSA) is 82.5 Å². The van der Waals surface area contributed by atoms with Crippen molar-refractivity contribution in [1.82, 2.24) is 25.2 Å². The third-order valence-corrected chi connectivity index (χ3v) is 2.63. The fraction of sp³-hybridized carbons (Fsp3) is 0.429. The summed E-state index contributed by atoms with van der Waals surface area (Å²) in [4.78, 5) is 4.34. The summed E-state index contributed by atoms with van der Waals surface area (Å²) in [7, 11) is 0.